The first-order chi connectivity index (χ1) is 15.4. The Hall–Kier alpha value is -1.59. The summed E-state index contributed by atoms with van der Waals surface area (Å²) in [5.74, 6) is 1.58. The van der Waals surface area contributed by atoms with Gasteiger partial charge in [0.1, 0.15) is 11.4 Å². The van der Waals surface area contributed by atoms with E-state index in [4.69, 9.17) is 9.57 Å². The lowest BCUT2D eigenvalue weighted by Gasteiger charge is -2.61. The summed E-state index contributed by atoms with van der Waals surface area (Å²) in [5, 5.41) is 27.2. The molecule has 0 unspecified atom stereocenters. The molecule has 0 radical (unpaired) electrons. The maximum absolute atomic E-state index is 11.5. The van der Waals surface area contributed by atoms with Crippen LogP contribution in [0.5, 0.6) is 5.75 Å². The van der Waals surface area contributed by atoms with Crippen LogP contribution in [0, 0.1) is 22.7 Å². The van der Waals surface area contributed by atoms with E-state index in [0.717, 1.165) is 42.7 Å². The second-order valence-corrected chi connectivity index (χ2v) is 12.3. The van der Waals surface area contributed by atoms with E-state index >= 15 is 0 Å². The van der Waals surface area contributed by atoms with E-state index in [2.05, 4.69) is 25.9 Å². The third-order valence-corrected chi connectivity index (χ3v) is 9.49. The van der Waals surface area contributed by atoms with Gasteiger partial charge >= 0.3 is 0 Å². The van der Waals surface area contributed by atoms with Crippen LogP contribution in [0.2, 0.25) is 0 Å². The largest absolute Gasteiger partial charge is 0.497 e. The van der Waals surface area contributed by atoms with Gasteiger partial charge in [0, 0.05) is 6.42 Å². The van der Waals surface area contributed by atoms with E-state index in [1.807, 2.05) is 38.1 Å². The molecular formula is C28H43NO4. The Morgan fingerprint density at radius 2 is 1.82 bits per heavy atom. The van der Waals surface area contributed by atoms with Gasteiger partial charge in [-0.1, -0.05) is 32.3 Å². The summed E-state index contributed by atoms with van der Waals surface area (Å²) in [5.41, 5.74) is 0.538. The van der Waals surface area contributed by atoms with Crippen LogP contribution in [0.4, 0.5) is 0 Å². The van der Waals surface area contributed by atoms with Crippen molar-refractivity contribution < 1.29 is 19.8 Å². The normalized spacial score (nSPS) is 37.5. The van der Waals surface area contributed by atoms with Crippen LogP contribution in [-0.2, 0) is 4.84 Å². The number of methoxy groups -OCH3 is 1. The summed E-state index contributed by atoms with van der Waals surface area (Å²) < 4.78 is 5.24. The van der Waals surface area contributed by atoms with Gasteiger partial charge in [-0.25, -0.2) is 0 Å². The number of hydrogen-bond acceptors (Lipinski definition) is 5. The van der Waals surface area contributed by atoms with E-state index in [9.17, 15) is 10.2 Å². The van der Waals surface area contributed by atoms with Gasteiger partial charge in [-0.15, -0.1) is 0 Å². The van der Waals surface area contributed by atoms with Gasteiger partial charge in [-0.05, 0) is 105 Å². The van der Waals surface area contributed by atoms with Gasteiger partial charge in [0.05, 0.1) is 18.4 Å². The summed E-state index contributed by atoms with van der Waals surface area (Å²) in [6.45, 7) is 11.1. The molecule has 2 fully saturated rings. The number of oxime groups is 1. The zero-order valence-electron chi connectivity index (χ0n) is 21.4. The van der Waals surface area contributed by atoms with E-state index < -0.39 is 11.2 Å². The van der Waals surface area contributed by atoms with Crippen LogP contribution >= 0.6 is 0 Å². The number of fused-ring (bicyclic) bond motifs is 1. The van der Waals surface area contributed by atoms with Gasteiger partial charge in [-0.3, -0.25) is 0 Å². The minimum atomic E-state index is -1.01. The second kappa shape index (κ2) is 8.57. The summed E-state index contributed by atoms with van der Waals surface area (Å²) >= 11 is 0. The van der Waals surface area contributed by atoms with Crippen molar-refractivity contribution in [1.82, 2.24) is 0 Å². The summed E-state index contributed by atoms with van der Waals surface area (Å²) in [4.78, 5) is 5.74. The Morgan fingerprint density at radius 3 is 2.48 bits per heavy atom. The van der Waals surface area contributed by atoms with Gasteiger partial charge < -0.3 is 19.8 Å². The molecule has 0 bridgehead atoms. The molecule has 3 aliphatic rings. The molecule has 0 aromatic heterocycles. The molecule has 0 spiro atoms. The molecule has 1 heterocycles. The highest BCUT2D eigenvalue weighted by molar-refractivity contribution is 6.01. The van der Waals surface area contributed by atoms with Crippen LogP contribution in [0.25, 0.3) is 0 Å². The Bertz CT molecular complexity index is 872. The second-order valence-electron chi connectivity index (χ2n) is 12.3. The highest BCUT2D eigenvalue weighted by Crippen LogP contribution is 2.63. The SMILES string of the molecule is COc1ccc(C2=NO[C@H]([C@@](C)(O)CC[C@@H]3[C@]4(C)CCCC(C)(C)[C@@H]4CC[C@@]3(C)O)C2)cc1. The standard InChI is InChI=1S/C28H43NO4/c1-25(2)14-7-15-26(3)22(25)12-16-27(4,30)23(26)13-17-28(5,31)24-18-21(29-33-24)19-8-10-20(32-6)11-9-19/h8-11,22-24,30-31H,7,12-18H2,1-6H3/t22-,23+,24-,26+,27+,28-/m0/s1. The number of benzene rings is 1. The predicted octanol–water partition coefficient (Wildman–Crippen LogP) is 5.71. The lowest BCUT2D eigenvalue weighted by Crippen LogP contribution is -2.58. The molecule has 1 aromatic rings. The third kappa shape index (κ3) is 4.55. The molecule has 2 saturated carbocycles. The van der Waals surface area contributed by atoms with E-state index in [0.29, 0.717) is 24.2 Å². The molecule has 0 saturated heterocycles. The summed E-state index contributed by atoms with van der Waals surface area (Å²) in [7, 11) is 1.65. The molecule has 6 atom stereocenters. The first-order valence-electron chi connectivity index (χ1n) is 12.7. The molecule has 4 rings (SSSR count). The van der Waals surface area contributed by atoms with Crippen molar-refractivity contribution >= 4 is 5.71 Å². The predicted molar refractivity (Wildman–Crippen MR) is 131 cm³/mol. The maximum Gasteiger partial charge on any atom is 0.161 e. The first-order valence-corrected chi connectivity index (χ1v) is 12.7. The molecule has 5 heteroatoms. The first kappa shape index (κ1) is 24.5. The zero-order valence-corrected chi connectivity index (χ0v) is 21.4. The topological polar surface area (TPSA) is 71.3 Å². The van der Waals surface area contributed by atoms with Crippen molar-refractivity contribution in [1.29, 1.82) is 0 Å². The Balaban J connectivity index is 1.44. The number of hydrogen-bond donors (Lipinski definition) is 2. The molecule has 1 aromatic carbocycles. The average molecular weight is 458 g/mol. The average Bonchev–Trinajstić information content (AvgIpc) is 3.23. The van der Waals surface area contributed by atoms with Crippen LogP contribution < -0.4 is 4.74 Å². The van der Waals surface area contributed by atoms with Gasteiger partial charge in [0.2, 0.25) is 0 Å². The van der Waals surface area contributed by atoms with Crippen molar-refractivity contribution in [3.05, 3.63) is 29.8 Å². The van der Waals surface area contributed by atoms with Gasteiger partial charge in [0.25, 0.3) is 0 Å². The molecule has 1 aliphatic heterocycles. The van der Waals surface area contributed by atoms with Crippen molar-refractivity contribution in [3.8, 4) is 5.75 Å². The lowest BCUT2D eigenvalue weighted by atomic mass is 9.45. The smallest absolute Gasteiger partial charge is 0.161 e. The molecule has 33 heavy (non-hydrogen) atoms. The highest BCUT2D eigenvalue weighted by Gasteiger charge is 2.58. The maximum atomic E-state index is 11.5. The quantitative estimate of drug-likeness (QED) is 0.574. The Labute approximate surface area is 199 Å². The minimum absolute atomic E-state index is 0.0981. The Morgan fingerprint density at radius 1 is 1.12 bits per heavy atom. The van der Waals surface area contributed by atoms with Crippen LogP contribution in [0.1, 0.15) is 91.5 Å². The fourth-order valence-corrected chi connectivity index (χ4v) is 7.53. The zero-order chi connectivity index (χ0) is 24.1. The van der Waals surface area contributed by atoms with E-state index in [1.54, 1.807) is 7.11 Å². The van der Waals surface area contributed by atoms with Crippen molar-refractivity contribution in [2.45, 2.75) is 103 Å². The molecule has 2 N–H and O–H groups in total. The summed E-state index contributed by atoms with van der Waals surface area (Å²) in [6.07, 6.45) is 7.15. The molecule has 2 aliphatic carbocycles. The molecule has 5 nitrogen and oxygen atoms in total. The van der Waals surface area contributed by atoms with Crippen molar-refractivity contribution in [2.75, 3.05) is 7.11 Å². The van der Waals surface area contributed by atoms with Crippen molar-refractivity contribution in [2.24, 2.45) is 27.8 Å². The van der Waals surface area contributed by atoms with Crippen LogP contribution in [-0.4, -0.2) is 40.3 Å². The number of rotatable bonds is 6. The number of aliphatic hydroxyl groups is 2. The molecular weight excluding hydrogens is 414 g/mol. The minimum Gasteiger partial charge on any atom is -0.497 e. The molecule has 0 amide bonds. The van der Waals surface area contributed by atoms with E-state index in [-0.39, 0.29) is 17.4 Å². The fourth-order valence-electron chi connectivity index (χ4n) is 7.53. The highest BCUT2D eigenvalue weighted by atomic mass is 16.7. The molecule has 184 valence electrons. The number of ether oxygens (including phenoxy) is 1. The van der Waals surface area contributed by atoms with Crippen LogP contribution in [0.15, 0.2) is 29.4 Å². The lowest BCUT2D eigenvalue weighted by molar-refractivity contribution is -0.176. The third-order valence-electron chi connectivity index (χ3n) is 9.49. The van der Waals surface area contributed by atoms with E-state index in [1.165, 1.54) is 12.8 Å². The Kier molecular flexibility index (Phi) is 6.37. The number of nitrogens with zero attached hydrogens (tertiary/aromatic N) is 1. The van der Waals surface area contributed by atoms with Gasteiger partial charge in [0.15, 0.2) is 6.10 Å². The van der Waals surface area contributed by atoms with Gasteiger partial charge in [-0.2, -0.15) is 0 Å². The monoisotopic (exact) mass is 457 g/mol. The fraction of sp³-hybridized carbons (Fsp3) is 0.750. The van der Waals surface area contributed by atoms with Crippen LogP contribution in [0.3, 0.4) is 0 Å². The van der Waals surface area contributed by atoms with Crippen molar-refractivity contribution in [3.63, 3.8) is 0 Å². The summed E-state index contributed by atoms with van der Waals surface area (Å²) in [6, 6.07) is 7.78.